The number of carbonyl (C=O) groups excluding carboxylic acids is 1. The van der Waals surface area contributed by atoms with Crippen LogP contribution in [-0.4, -0.2) is 41.7 Å². The van der Waals surface area contributed by atoms with Crippen molar-refractivity contribution in [1.82, 2.24) is 4.90 Å². The Morgan fingerprint density at radius 1 is 1.30 bits per heavy atom. The van der Waals surface area contributed by atoms with Gasteiger partial charge in [0.25, 0.3) is 0 Å². The standard InChI is InChI=1S/C16H32N2O2/c1-3-6-13(11-12-17)9-10-16(20)18(2)14-7-4-5-8-15(14)19/h13-15,19H,3-12,17H2,1-2H3. The molecule has 4 heteroatoms. The van der Waals surface area contributed by atoms with Gasteiger partial charge in [-0.1, -0.05) is 32.6 Å². The monoisotopic (exact) mass is 284 g/mol. The quantitative estimate of drug-likeness (QED) is 0.718. The van der Waals surface area contributed by atoms with Crippen molar-refractivity contribution < 1.29 is 9.90 Å². The van der Waals surface area contributed by atoms with E-state index in [0.29, 0.717) is 18.9 Å². The van der Waals surface area contributed by atoms with Gasteiger partial charge in [-0.15, -0.1) is 0 Å². The van der Waals surface area contributed by atoms with Gasteiger partial charge in [-0.3, -0.25) is 4.79 Å². The highest BCUT2D eigenvalue weighted by Crippen LogP contribution is 2.24. The van der Waals surface area contributed by atoms with Gasteiger partial charge < -0.3 is 15.7 Å². The molecule has 1 saturated carbocycles. The molecule has 0 heterocycles. The largest absolute Gasteiger partial charge is 0.391 e. The molecule has 1 amide bonds. The summed E-state index contributed by atoms with van der Waals surface area (Å²) in [6, 6.07) is 0.0235. The van der Waals surface area contributed by atoms with E-state index in [1.54, 1.807) is 4.90 Å². The molecule has 0 aromatic rings. The Hall–Kier alpha value is -0.610. The second-order valence-electron chi connectivity index (χ2n) is 6.19. The Labute approximate surface area is 123 Å². The van der Waals surface area contributed by atoms with E-state index in [4.69, 9.17) is 5.73 Å². The molecule has 1 fully saturated rings. The molecule has 0 aromatic heterocycles. The molecule has 3 unspecified atom stereocenters. The first-order valence-electron chi connectivity index (χ1n) is 8.23. The van der Waals surface area contributed by atoms with E-state index in [2.05, 4.69) is 6.92 Å². The van der Waals surface area contributed by atoms with Gasteiger partial charge in [0.1, 0.15) is 0 Å². The summed E-state index contributed by atoms with van der Waals surface area (Å²) in [7, 11) is 1.85. The van der Waals surface area contributed by atoms with Crippen LogP contribution in [0.3, 0.4) is 0 Å². The van der Waals surface area contributed by atoms with Crippen molar-refractivity contribution in [3.05, 3.63) is 0 Å². The Kier molecular flexibility index (Phi) is 8.15. The molecule has 3 N–H and O–H groups in total. The first-order valence-corrected chi connectivity index (χ1v) is 8.23. The van der Waals surface area contributed by atoms with Crippen LogP contribution in [0.5, 0.6) is 0 Å². The third-order valence-electron chi connectivity index (χ3n) is 4.62. The van der Waals surface area contributed by atoms with Gasteiger partial charge in [0.15, 0.2) is 0 Å². The average molecular weight is 284 g/mol. The fourth-order valence-corrected chi connectivity index (χ4v) is 3.31. The molecule has 20 heavy (non-hydrogen) atoms. The highest BCUT2D eigenvalue weighted by Gasteiger charge is 2.29. The first-order chi connectivity index (χ1) is 9.60. The minimum atomic E-state index is -0.340. The lowest BCUT2D eigenvalue weighted by molar-refractivity contribution is -0.135. The van der Waals surface area contributed by atoms with E-state index in [0.717, 1.165) is 51.4 Å². The van der Waals surface area contributed by atoms with Crippen LogP contribution in [0.25, 0.3) is 0 Å². The van der Waals surface area contributed by atoms with E-state index >= 15 is 0 Å². The molecule has 0 saturated heterocycles. The van der Waals surface area contributed by atoms with E-state index in [9.17, 15) is 9.90 Å². The van der Waals surface area contributed by atoms with Gasteiger partial charge in [-0.25, -0.2) is 0 Å². The van der Waals surface area contributed by atoms with E-state index < -0.39 is 0 Å². The van der Waals surface area contributed by atoms with Crippen LogP contribution in [0.1, 0.15) is 64.7 Å². The van der Waals surface area contributed by atoms with Gasteiger partial charge in [-0.05, 0) is 38.1 Å². The second kappa shape index (κ2) is 9.35. The van der Waals surface area contributed by atoms with Crippen molar-refractivity contribution in [3.8, 4) is 0 Å². The summed E-state index contributed by atoms with van der Waals surface area (Å²) < 4.78 is 0. The first kappa shape index (κ1) is 17.4. The lowest BCUT2D eigenvalue weighted by Gasteiger charge is -2.35. The summed E-state index contributed by atoms with van der Waals surface area (Å²) in [6.45, 7) is 2.88. The van der Waals surface area contributed by atoms with Gasteiger partial charge >= 0.3 is 0 Å². The summed E-state index contributed by atoms with van der Waals surface area (Å²) in [5.41, 5.74) is 5.63. The third-order valence-corrected chi connectivity index (χ3v) is 4.62. The summed E-state index contributed by atoms with van der Waals surface area (Å²) >= 11 is 0. The molecule has 1 aliphatic carbocycles. The Morgan fingerprint density at radius 3 is 2.60 bits per heavy atom. The minimum Gasteiger partial charge on any atom is -0.391 e. The number of nitrogens with two attached hydrogens (primary N) is 1. The smallest absolute Gasteiger partial charge is 0.222 e. The predicted molar refractivity (Wildman–Crippen MR) is 82.3 cm³/mol. The molecule has 1 aliphatic rings. The zero-order valence-electron chi connectivity index (χ0n) is 13.2. The van der Waals surface area contributed by atoms with Crippen molar-refractivity contribution >= 4 is 5.91 Å². The molecule has 0 aromatic carbocycles. The molecule has 3 atom stereocenters. The number of hydrogen-bond donors (Lipinski definition) is 2. The Morgan fingerprint density at radius 2 is 2.00 bits per heavy atom. The third kappa shape index (κ3) is 5.41. The summed E-state index contributed by atoms with van der Waals surface area (Å²) in [5.74, 6) is 0.743. The van der Waals surface area contributed by atoms with Crippen LogP contribution in [0.2, 0.25) is 0 Å². The fraction of sp³-hybridized carbons (Fsp3) is 0.938. The van der Waals surface area contributed by atoms with E-state index in [1.165, 1.54) is 0 Å². The molecule has 0 aliphatic heterocycles. The van der Waals surface area contributed by atoms with Gasteiger partial charge in [0.2, 0.25) is 5.91 Å². The fourth-order valence-electron chi connectivity index (χ4n) is 3.31. The van der Waals surface area contributed by atoms with Crippen molar-refractivity contribution in [3.63, 3.8) is 0 Å². The number of aliphatic hydroxyl groups is 1. The van der Waals surface area contributed by atoms with Crippen LogP contribution < -0.4 is 5.73 Å². The maximum atomic E-state index is 12.3. The number of amides is 1. The van der Waals surface area contributed by atoms with Crippen molar-refractivity contribution in [2.24, 2.45) is 11.7 Å². The Balaban J connectivity index is 2.40. The van der Waals surface area contributed by atoms with Crippen LogP contribution in [0, 0.1) is 5.92 Å². The van der Waals surface area contributed by atoms with Gasteiger partial charge in [-0.2, -0.15) is 0 Å². The molecule has 0 bridgehead atoms. The molecular formula is C16H32N2O2. The molecular weight excluding hydrogens is 252 g/mol. The van der Waals surface area contributed by atoms with Crippen molar-refractivity contribution in [2.75, 3.05) is 13.6 Å². The SMILES string of the molecule is CCCC(CCN)CCC(=O)N(C)C1CCCCC1O. The van der Waals surface area contributed by atoms with Crippen LogP contribution in [0.15, 0.2) is 0 Å². The maximum Gasteiger partial charge on any atom is 0.222 e. The molecule has 4 nitrogen and oxygen atoms in total. The highest BCUT2D eigenvalue weighted by molar-refractivity contribution is 5.76. The van der Waals surface area contributed by atoms with Crippen LogP contribution in [-0.2, 0) is 4.79 Å². The maximum absolute atomic E-state index is 12.3. The summed E-state index contributed by atoms with van der Waals surface area (Å²) in [4.78, 5) is 14.1. The number of rotatable bonds is 8. The zero-order chi connectivity index (χ0) is 15.0. The number of hydrogen-bond acceptors (Lipinski definition) is 3. The highest BCUT2D eigenvalue weighted by atomic mass is 16.3. The molecule has 118 valence electrons. The van der Waals surface area contributed by atoms with Crippen molar-refractivity contribution in [2.45, 2.75) is 76.9 Å². The number of carbonyl (C=O) groups is 1. The number of nitrogens with zero attached hydrogens (tertiary/aromatic N) is 1. The Bertz CT molecular complexity index is 278. The average Bonchev–Trinajstić information content (AvgIpc) is 2.44. The zero-order valence-corrected chi connectivity index (χ0v) is 13.2. The van der Waals surface area contributed by atoms with Gasteiger partial charge in [0.05, 0.1) is 12.1 Å². The van der Waals surface area contributed by atoms with Crippen LogP contribution >= 0.6 is 0 Å². The topological polar surface area (TPSA) is 66.6 Å². The molecule has 1 rings (SSSR count). The molecule has 0 radical (unpaired) electrons. The lowest BCUT2D eigenvalue weighted by Crippen LogP contribution is -2.46. The normalized spacial score (nSPS) is 24.4. The van der Waals surface area contributed by atoms with E-state index in [1.807, 2.05) is 7.05 Å². The van der Waals surface area contributed by atoms with Crippen LogP contribution in [0.4, 0.5) is 0 Å². The predicted octanol–water partition coefficient (Wildman–Crippen LogP) is 2.29. The molecule has 0 spiro atoms. The van der Waals surface area contributed by atoms with E-state index in [-0.39, 0.29) is 18.1 Å². The number of likely N-dealkylation sites (N-methyl/N-ethyl adjacent to an activating group) is 1. The van der Waals surface area contributed by atoms with Gasteiger partial charge in [0, 0.05) is 13.5 Å². The lowest BCUT2D eigenvalue weighted by atomic mass is 9.90. The minimum absolute atomic E-state index is 0.0235. The number of aliphatic hydroxyl groups excluding tert-OH is 1. The van der Waals surface area contributed by atoms with Crippen molar-refractivity contribution in [1.29, 1.82) is 0 Å². The summed E-state index contributed by atoms with van der Waals surface area (Å²) in [6.07, 6.45) is 8.44. The second-order valence-corrected chi connectivity index (χ2v) is 6.19. The summed E-state index contributed by atoms with van der Waals surface area (Å²) in [5, 5.41) is 10.0.